The van der Waals surface area contributed by atoms with Crippen LogP contribution in [0.5, 0.6) is 0 Å². The molecule has 0 saturated carbocycles. The van der Waals surface area contributed by atoms with Crippen molar-refractivity contribution >= 4 is 11.6 Å². The van der Waals surface area contributed by atoms with Crippen molar-refractivity contribution in [3.05, 3.63) is 11.4 Å². The smallest absolute Gasteiger partial charge is 0.134 e. The van der Waals surface area contributed by atoms with Crippen LogP contribution in [0, 0.1) is 12.3 Å². The highest BCUT2D eigenvalue weighted by molar-refractivity contribution is 5.57. The number of aryl methyl sites for hydroxylation is 1. The van der Waals surface area contributed by atoms with Gasteiger partial charge in [-0.1, -0.05) is 27.7 Å². The van der Waals surface area contributed by atoms with Gasteiger partial charge in [0.1, 0.15) is 17.5 Å². The lowest BCUT2D eigenvalue weighted by Gasteiger charge is -2.21. The Hall–Kier alpha value is -1.32. The quantitative estimate of drug-likeness (QED) is 0.824. The number of nitrogens with zero attached hydrogens (tertiary/aromatic N) is 2. The largest absolute Gasteiger partial charge is 0.370 e. The van der Waals surface area contributed by atoms with Gasteiger partial charge in [0, 0.05) is 25.1 Å². The molecule has 0 bridgehead atoms. The molecular formula is C15H28N4. The summed E-state index contributed by atoms with van der Waals surface area (Å²) in [5.41, 5.74) is 1.34. The third-order valence-corrected chi connectivity index (χ3v) is 2.80. The van der Waals surface area contributed by atoms with Gasteiger partial charge in [-0.15, -0.1) is 0 Å². The van der Waals surface area contributed by atoms with Gasteiger partial charge in [0.15, 0.2) is 0 Å². The molecule has 1 rings (SSSR count). The normalized spacial score (nSPS) is 11.5. The van der Waals surface area contributed by atoms with E-state index in [9.17, 15) is 0 Å². The van der Waals surface area contributed by atoms with Crippen LogP contribution in [0.3, 0.4) is 0 Å². The molecule has 1 aromatic rings. The van der Waals surface area contributed by atoms with Crippen LogP contribution < -0.4 is 10.6 Å². The summed E-state index contributed by atoms with van der Waals surface area (Å²) in [6, 6.07) is 0. The maximum Gasteiger partial charge on any atom is 0.134 e. The van der Waals surface area contributed by atoms with Crippen molar-refractivity contribution < 1.29 is 0 Å². The summed E-state index contributed by atoms with van der Waals surface area (Å²) in [5, 5.41) is 6.78. The highest BCUT2D eigenvalue weighted by Crippen LogP contribution is 2.22. The lowest BCUT2D eigenvalue weighted by molar-refractivity contribution is 0.442. The molecule has 0 aliphatic heterocycles. The van der Waals surface area contributed by atoms with Gasteiger partial charge in [0.25, 0.3) is 0 Å². The third-order valence-electron chi connectivity index (χ3n) is 2.80. The molecule has 2 N–H and O–H groups in total. The van der Waals surface area contributed by atoms with Crippen molar-refractivity contribution in [3.63, 3.8) is 0 Å². The Balaban J connectivity index is 2.99. The van der Waals surface area contributed by atoms with Gasteiger partial charge in [-0.25, -0.2) is 9.97 Å². The fourth-order valence-electron chi connectivity index (χ4n) is 1.76. The lowest BCUT2D eigenvalue weighted by Crippen LogP contribution is -2.21. The number of nitrogens with one attached hydrogen (secondary N) is 2. The predicted molar refractivity (Wildman–Crippen MR) is 82.9 cm³/mol. The Morgan fingerprint density at radius 1 is 1.00 bits per heavy atom. The van der Waals surface area contributed by atoms with Crippen molar-refractivity contribution in [2.75, 3.05) is 23.7 Å². The minimum Gasteiger partial charge on any atom is -0.370 e. The van der Waals surface area contributed by atoms with E-state index in [1.807, 2.05) is 0 Å². The molecular weight excluding hydrogens is 236 g/mol. The summed E-state index contributed by atoms with van der Waals surface area (Å²) in [5.74, 6) is 2.84. The molecule has 108 valence electrons. The fraction of sp³-hybridized carbons (Fsp3) is 0.733. The van der Waals surface area contributed by atoms with Crippen molar-refractivity contribution in [1.82, 2.24) is 9.97 Å². The molecule has 0 atom stereocenters. The summed E-state index contributed by atoms with van der Waals surface area (Å²) >= 11 is 0. The van der Waals surface area contributed by atoms with Crippen LogP contribution in [0.25, 0.3) is 0 Å². The molecule has 1 aromatic heterocycles. The van der Waals surface area contributed by atoms with E-state index in [1.165, 1.54) is 0 Å². The zero-order chi connectivity index (χ0) is 14.5. The van der Waals surface area contributed by atoms with E-state index < -0.39 is 0 Å². The van der Waals surface area contributed by atoms with Crippen LogP contribution in [-0.2, 0) is 6.42 Å². The molecule has 0 aromatic carbocycles. The maximum absolute atomic E-state index is 4.65. The summed E-state index contributed by atoms with van der Waals surface area (Å²) in [6.07, 6.45) is 1.98. The molecule has 0 saturated heterocycles. The maximum atomic E-state index is 4.65. The van der Waals surface area contributed by atoms with Crippen molar-refractivity contribution in [3.8, 4) is 0 Å². The number of hydrogen-bond acceptors (Lipinski definition) is 4. The molecule has 0 fully saturated rings. The second-order valence-corrected chi connectivity index (χ2v) is 6.16. The standard InChI is InChI=1S/C15H28N4/c1-7-9-12-18-13(16-8-2)11(3)14(19-12)17-10-15(4,5)6/h7-10H2,1-6H3,(H2,16,17,18,19). The SMILES string of the molecule is CCCc1nc(NCC)c(C)c(NCC(C)(C)C)n1. The van der Waals surface area contributed by atoms with Crippen LogP contribution in [-0.4, -0.2) is 23.1 Å². The predicted octanol–water partition coefficient (Wildman–Crippen LogP) is 3.63. The molecule has 0 aliphatic carbocycles. The van der Waals surface area contributed by atoms with E-state index in [4.69, 9.17) is 0 Å². The minimum atomic E-state index is 0.237. The minimum absolute atomic E-state index is 0.237. The van der Waals surface area contributed by atoms with Crippen molar-refractivity contribution in [2.24, 2.45) is 5.41 Å². The van der Waals surface area contributed by atoms with Crippen molar-refractivity contribution in [2.45, 2.75) is 54.4 Å². The summed E-state index contributed by atoms with van der Waals surface area (Å²) < 4.78 is 0. The lowest BCUT2D eigenvalue weighted by atomic mass is 9.97. The van der Waals surface area contributed by atoms with Crippen LogP contribution in [0.15, 0.2) is 0 Å². The third kappa shape index (κ3) is 5.05. The average Bonchev–Trinajstić information content (AvgIpc) is 2.31. The van der Waals surface area contributed by atoms with Crippen LogP contribution in [0.4, 0.5) is 11.6 Å². The zero-order valence-electron chi connectivity index (χ0n) is 13.2. The number of rotatable bonds is 6. The molecule has 0 aliphatic rings. The summed E-state index contributed by atoms with van der Waals surface area (Å²) in [7, 11) is 0. The van der Waals surface area contributed by atoms with E-state index >= 15 is 0 Å². The molecule has 0 radical (unpaired) electrons. The van der Waals surface area contributed by atoms with Gasteiger partial charge in [-0.05, 0) is 25.7 Å². The second kappa shape index (κ2) is 6.73. The Labute approximate surface area is 117 Å². The Morgan fingerprint density at radius 3 is 2.05 bits per heavy atom. The Kier molecular flexibility index (Phi) is 5.58. The van der Waals surface area contributed by atoms with Crippen LogP contribution in [0.1, 0.15) is 52.4 Å². The van der Waals surface area contributed by atoms with E-state index in [2.05, 4.69) is 62.1 Å². The van der Waals surface area contributed by atoms with Gasteiger partial charge in [-0.3, -0.25) is 0 Å². The molecule has 19 heavy (non-hydrogen) atoms. The first-order valence-electron chi connectivity index (χ1n) is 7.22. The van der Waals surface area contributed by atoms with Gasteiger partial charge in [-0.2, -0.15) is 0 Å². The number of hydrogen-bond donors (Lipinski definition) is 2. The van der Waals surface area contributed by atoms with E-state index in [0.29, 0.717) is 0 Å². The highest BCUT2D eigenvalue weighted by atomic mass is 15.1. The first-order chi connectivity index (χ1) is 8.87. The number of aromatic nitrogens is 2. The molecule has 0 spiro atoms. The molecule has 0 amide bonds. The zero-order valence-corrected chi connectivity index (χ0v) is 13.2. The van der Waals surface area contributed by atoms with Crippen LogP contribution >= 0.6 is 0 Å². The Morgan fingerprint density at radius 2 is 1.58 bits per heavy atom. The highest BCUT2D eigenvalue weighted by Gasteiger charge is 2.14. The molecule has 4 nitrogen and oxygen atoms in total. The van der Waals surface area contributed by atoms with E-state index in [-0.39, 0.29) is 5.41 Å². The molecule has 1 heterocycles. The average molecular weight is 264 g/mol. The van der Waals surface area contributed by atoms with Crippen molar-refractivity contribution in [1.29, 1.82) is 0 Å². The topological polar surface area (TPSA) is 49.8 Å². The molecule has 0 unspecified atom stereocenters. The van der Waals surface area contributed by atoms with Gasteiger partial charge in [0.05, 0.1) is 0 Å². The first kappa shape index (κ1) is 15.7. The first-order valence-corrected chi connectivity index (χ1v) is 7.22. The Bertz CT molecular complexity index is 407. The van der Waals surface area contributed by atoms with E-state index in [0.717, 1.165) is 49.0 Å². The van der Waals surface area contributed by atoms with Crippen LogP contribution in [0.2, 0.25) is 0 Å². The monoisotopic (exact) mass is 264 g/mol. The van der Waals surface area contributed by atoms with Gasteiger partial charge >= 0.3 is 0 Å². The fourth-order valence-corrected chi connectivity index (χ4v) is 1.76. The second-order valence-electron chi connectivity index (χ2n) is 6.16. The van der Waals surface area contributed by atoms with E-state index in [1.54, 1.807) is 0 Å². The van der Waals surface area contributed by atoms with Gasteiger partial charge < -0.3 is 10.6 Å². The molecule has 4 heteroatoms. The summed E-state index contributed by atoms with van der Waals surface area (Å²) in [6.45, 7) is 14.7. The number of anilines is 2. The summed E-state index contributed by atoms with van der Waals surface area (Å²) in [4.78, 5) is 9.24. The van der Waals surface area contributed by atoms with Gasteiger partial charge in [0.2, 0.25) is 0 Å².